The number of hydrogen-bond donors (Lipinski definition) is 1. The normalized spacial score (nSPS) is 15.1. The van der Waals surface area contributed by atoms with Crippen LogP contribution in [0.15, 0.2) is 39.0 Å². The van der Waals surface area contributed by atoms with Crippen LogP contribution in [0, 0.1) is 0 Å². The van der Waals surface area contributed by atoms with Gasteiger partial charge in [0.1, 0.15) is 5.52 Å². The van der Waals surface area contributed by atoms with Gasteiger partial charge in [-0.3, -0.25) is 4.79 Å². The van der Waals surface area contributed by atoms with Crippen molar-refractivity contribution in [2.24, 2.45) is 5.10 Å². The summed E-state index contributed by atoms with van der Waals surface area (Å²) in [5, 5.41) is 4.70. The van der Waals surface area contributed by atoms with Gasteiger partial charge in [-0.2, -0.15) is 5.10 Å². The lowest BCUT2D eigenvalue weighted by Crippen LogP contribution is -2.22. The second-order valence-corrected chi connectivity index (χ2v) is 5.94. The molecule has 5 nitrogen and oxygen atoms in total. The molecule has 21 heavy (non-hydrogen) atoms. The Kier molecular flexibility index (Phi) is 4.55. The summed E-state index contributed by atoms with van der Waals surface area (Å²) in [6, 6.07) is 7.56. The number of amides is 1. The molecule has 1 heterocycles. The van der Waals surface area contributed by atoms with Gasteiger partial charge in [-0.1, -0.05) is 30.3 Å². The number of nitrogens with one attached hydrogen (secondary N) is 1. The molecule has 1 aromatic carbocycles. The SMILES string of the molecule is O=C(CSc1nc2ccccc2o1)NN=C1CCCCC1. The van der Waals surface area contributed by atoms with Gasteiger partial charge in [0.05, 0.1) is 5.75 Å². The Bertz CT molecular complexity index is 625. The van der Waals surface area contributed by atoms with Crippen molar-refractivity contribution >= 4 is 34.5 Å². The Hall–Kier alpha value is -1.82. The van der Waals surface area contributed by atoms with E-state index in [1.54, 1.807) is 0 Å². The Labute approximate surface area is 127 Å². The molecule has 0 radical (unpaired) electrons. The minimum Gasteiger partial charge on any atom is -0.431 e. The smallest absolute Gasteiger partial charge is 0.257 e. The van der Waals surface area contributed by atoms with Crippen LogP contribution in [0.1, 0.15) is 32.1 Å². The maximum absolute atomic E-state index is 11.8. The number of para-hydroxylation sites is 2. The van der Waals surface area contributed by atoms with Crippen molar-refractivity contribution in [1.82, 2.24) is 10.4 Å². The average Bonchev–Trinajstić information content (AvgIpc) is 2.95. The predicted molar refractivity (Wildman–Crippen MR) is 83.4 cm³/mol. The van der Waals surface area contributed by atoms with E-state index in [2.05, 4.69) is 15.5 Å². The highest BCUT2D eigenvalue weighted by molar-refractivity contribution is 7.99. The van der Waals surface area contributed by atoms with Gasteiger partial charge < -0.3 is 4.42 Å². The maximum Gasteiger partial charge on any atom is 0.257 e. The van der Waals surface area contributed by atoms with Gasteiger partial charge in [0.15, 0.2) is 5.58 Å². The van der Waals surface area contributed by atoms with Crippen molar-refractivity contribution in [3.8, 4) is 0 Å². The second kappa shape index (κ2) is 6.76. The largest absolute Gasteiger partial charge is 0.431 e. The Morgan fingerprint density at radius 2 is 2.10 bits per heavy atom. The van der Waals surface area contributed by atoms with Crippen molar-refractivity contribution in [1.29, 1.82) is 0 Å². The fraction of sp³-hybridized carbons (Fsp3) is 0.400. The summed E-state index contributed by atoms with van der Waals surface area (Å²) in [5.74, 6) is 0.129. The number of fused-ring (bicyclic) bond motifs is 1. The highest BCUT2D eigenvalue weighted by atomic mass is 32.2. The maximum atomic E-state index is 11.8. The molecule has 1 aliphatic carbocycles. The summed E-state index contributed by atoms with van der Waals surface area (Å²) in [5.41, 5.74) is 5.26. The van der Waals surface area contributed by atoms with Gasteiger partial charge in [-0.25, -0.2) is 10.4 Å². The Balaban J connectivity index is 1.51. The van der Waals surface area contributed by atoms with E-state index in [9.17, 15) is 4.79 Å². The van der Waals surface area contributed by atoms with E-state index >= 15 is 0 Å². The topological polar surface area (TPSA) is 67.5 Å². The fourth-order valence-electron chi connectivity index (χ4n) is 2.29. The zero-order chi connectivity index (χ0) is 14.5. The van der Waals surface area contributed by atoms with Crippen LogP contribution in [0.5, 0.6) is 0 Å². The molecule has 0 atom stereocenters. The molecule has 0 aliphatic heterocycles. The highest BCUT2D eigenvalue weighted by Gasteiger charge is 2.10. The lowest BCUT2D eigenvalue weighted by Gasteiger charge is -2.11. The third-order valence-electron chi connectivity index (χ3n) is 3.37. The molecular weight excluding hydrogens is 286 g/mol. The molecule has 0 spiro atoms. The molecule has 1 aliphatic rings. The molecule has 1 N–H and O–H groups in total. The first-order chi connectivity index (χ1) is 10.3. The number of hydrogen-bond acceptors (Lipinski definition) is 5. The summed E-state index contributed by atoms with van der Waals surface area (Å²) in [6.45, 7) is 0. The zero-order valence-electron chi connectivity index (χ0n) is 11.7. The van der Waals surface area contributed by atoms with Crippen LogP contribution in [0.3, 0.4) is 0 Å². The average molecular weight is 303 g/mol. The molecule has 0 unspecified atom stereocenters. The number of benzene rings is 1. The van der Waals surface area contributed by atoms with Crippen LogP contribution in [0.2, 0.25) is 0 Å². The molecule has 1 saturated carbocycles. The van der Waals surface area contributed by atoms with E-state index in [0.717, 1.165) is 29.7 Å². The molecule has 0 bridgehead atoms. The Morgan fingerprint density at radius 1 is 1.29 bits per heavy atom. The molecular formula is C15H17N3O2S. The van der Waals surface area contributed by atoms with Crippen molar-refractivity contribution in [3.63, 3.8) is 0 Å². The Morgan fingerprint density at radius 3 is 2.90 bits per heavy atom. The van der Waals surface area contributed by atoms with E-state index in [-0.39, 0.29) is 11.7 Å². The molecule has 2 aromatic rings. The van der Waals surface area contributed by atoms with Crippen LogP contribution in [-0.2, 0) is 4.79 Å². The summed E-state index contributed by atoms with van der Waals surface area (Å²) in [6.07, 6.45) is 5.61. The van der Waals surface area contributed by atoms with E-state index in [4.69, 9.17) is 4.42 Å². The van der Waals surface area contributed by atoms with Crippen molar-refractivity contribution in [3.05, 3.63) is 24.3 Å². The van der Waals surface area contributed by atoms with Gasteiger partial charge in [0, 0.05) is 5.71 Å². The van der Waals surface area contributed by atoms with Gasteiger partial charge in [-0.15, -0.1) is 0 Å². The third kappa shape index (κ3) is 3.85. The van der Waals surface area contributed by atoms with Gasteiger partial charge in [0.2, 0.25) is 0 Å². The summed E-state index contributed by atoms with van der Waals surface area (Å²) in [4.78, 5) is 16.1. The lowest BCUT2D eigenvalue weighted by atomic mass is 9.99. The standard InChI is InChI=1S/C15H17N3O2S/c19-14(18-17-11-6-2-1-3-7-11)10-21-15-16-12-8-4-5-9-13(12)20-15/h4-5,8-9H,1-3,6-7,10H2,(H,18,19). The minimum atomic E-state index is -0.125. The summed E-state index contributed by atoms with van der Waals surface area (Å²) >= 11 is 1.28. The van der Waals surface area contributed by atoms with Gasteiger partial charge in [0.25, 0.3) is 11.1 Å². The van der Waals surface area contributed by atoms with E-state index < -0.39 is 0 Å². The molecule has 6 heteroatoms. The number of hydrazone groups is 1. The van der Waals surface area contributed by atoms with E-state index in [1.807, 2.05) is 24.3 Å². The zero-order valence-corrected chi connectivity index (χ0v) is 12.5. The fourth-order valence-corrected chi connectivity index (χ4v) is 2.92. The molecule has 1 amide bonds. The first kappa shape index (κ1) is 14.1. The second-order valence-electron chi connectivity index (χ2n) is 5.01. The van der Waals surface area contributed by atoms with E-state index in [0.29, 0.717) is 5.22 Å². The highest BCUT2D eigenvalue weighted by Crippen LogP contribution is 2.22. The van der Waals surface area contributed by atoms with Gasteiger partial charge >= 0.3 is 0 Å². The minimum absolute atomic E-state index is 0.125. The quantitative estimate of drug-likeness (QED) is 0.694. The number of carbonyl (C=O) groups excluding carboxylic acids is 1. The number of thioether (sulfide) groups is 1. The first-order valence-corrected chi connectivity index (χ1v) is 8.12. The van der Waals surface area contributed by atoms with Gasteiger partial charge in [-0.05, 0) is 37.8 Å². The number of oxazole rings is 1. The number of rotatable bonds is 4. The molecule has 1 aromatic heterocycles. The van der Waals surface area contributed by atoms with Crippen LogP contribution < -0.4 is 5.43 Å². The van der Waals surface area contributed by atoms with Crippen LogP contribution >= 0.6 is 11.8 Å². The van der Waals surface area contributed by atoms with E-state index in [1.165, 1.54) is 31.0 Å². The molecule has 110 valence electrons. The third-order valence-corrected chi connectivity index (χ3v) is 4.20. The van der Waals surface area contributed by atoms with Crippen LogP contribution in [0.25, 0.3) is 11.1 Å². The van der Waals surface area contributed by atoms with Crippen LogP contribution in [0.4, 0.5) is 0 Å². The number of carbonyl (C=O) groups is 1. The van der Waals surface area contributed by atoms with Crippen LogP contribution in [-0.4, -0.2) is 22.4 Å². The first-order valence-electron chi connectivity index (χ1n) is 7.14. The van der Waals surface area contributed by atoms with Crippen molar-refractivity contribution in [2.75, 3.05) is 5.75 Å². The molecule has 1 fully saturated rings. The monoisotopic (exact) mass is 303 g/mol. The van der Waals surface area contributed by atoms with Crippen molar-refractivity contribution < 1.29 is 9.21 Å². The predicted octanol–water partition coefficient (Wildman–Crippen LogP) is 3.36. The van der Waals surface area contributed by atoms with Crippen molar-refractivity contribution in [2.45, 2.75) is 37.3 Å². The number of nitrogens with zero attached hydrogens (tertiary/aromatic N) is 2. The molecule has 0 saturated heterocycles. The lowest BCUT2D eigenvalue weighted by molar-refractivity contribution is -0.118. The summed E-state index contributed by atoms with van der Waals surface area (Å²) < 4.78 is 5.55. The summed E-state index contributed by atoms with van der Waals surface area (Å²) in [7, 11) is 0. The number of aromatic nitrogens is 1. The molecule has 3 rings (SSSR count).